The molecule has 1 aromatic heterocycles. The van der Waals surface area contributed by atoms with Gasteiger partial charge in [-0.1, -0.05) is 0 Å². The Morgan fingerprint density at radius 3 is 2.80 bits per heavy atom. The van der Waals surface area contributed by atoms with Gasteiger partial charge in [-0.15, -0.1) is 11.6 Å². The molecule has 1 rings (SSSR count). The van der Waals surface area contributed by atoms with Crippen molar-refractivity contribution in [1.82, 2.24) is 4.98 Å². The van der Waals surface area contributed by atoms with E-state index in [0.29, 0.717) is 4.47 Å². The second kappa shape index (κ2) is 5.65. The average molecular weight is 297 g/mol. The van der Waals surface area contributed by atoms with Crippen LogP contribution in [0.3, 0.4) is 0 Å². The number of H-pyrrole nitrogens is 1. The highest BCUT2D eigenvalue weighted by atomic mass is 79.9. The smallest absolute Gasteiger partial charge is 0.253 e. The average Bonchev–Trinajstić information content (AvgIpc) is 2.21. The van der Waals surface area contributed by atoms with Crippen molar-refractivity contribution in [3.63, 3.8) is 0 Å². The van der Waals surface area contributed by atoms with Gasteiger partial charge in [0.15, 0.2) is 0 Å². The minimum atomic E-state index is -1.22. The molecule has 0 saturated heterocycles. The van der Waals surface area contributed by atoms with Crippen LogP contribution in [0.2, 0.25) is 0 Å². The molecule has 0 aromatic carbocycles. The van der Waals surface area contributed by atoms with Gasteiger partial charge >= 0.3 is 0 Å². The molecule has 6 heteroatoms. The molecular weight excluding hydrogens is 285 g/mol. The predicted octanol–water partition coefficient (Wildman–Crippen LogP) is 1.16. The number of alkyl halides is 1. The van der Waals surface area contributed by atoms with Gasteiger partial charge in [0.2, 0.25) is 0 Å². The van der Waals surface area contributed by atoms with Crippen molar-refractivity contribution in [2.45, 2.75) is 18.6 Å². The van der Waals surface area contributed by atoms with Gasteiger partial charge in [-0.05, 0) is 28.4 Å². The summed E-state index contributed by atoms with van der Waals surface area (Å²) >= 11 is 8.60. The molecule has 4 nitrogen and oxygen atoms in total. The monoisotopic (exact) mass is 295 g/mol. The molecule has 84 valence electrons. The van der Waals surface area contributed by atoms with Crippen molar-refractivity contribution in [3.8, 4) is 0 Å². The first-order valence-electron chi connectivity index (χ1n) is 4.36. The number of aromatic nitrogens is 1. The first kappa shape index (κ1) is 12.7. The van der Waals surface area contributed by atoms with E-state index in [9.17, 15) is 15.0 Å². The zero-order chi connectivity index (χ0) is 11.4. The van der Waals surface area contributed by atoms with Crippen molar-refractivity contribution >= 4 is 27.5 Å². The fraction of sp³-hybridized carbons (Fsp3) is 0.444. The van der Waals surface area contributed by atoms with Crippen LogP contribution in [0.25, 0.3) is 0 Å². The van der Waals surface area contributed by atoms with Crippen LogP contribution in [-0.4, -0.2) is 27.2 Å². The van der Waals surface area contributed by atoms with Gasteiger partial charge in [-0.3, -0.25) is 4.79 Å². The van der Waals surface area contributed by atoms with Crippen LogP contribution in [0.15, 0.2) is 21.5 Å². The van der Waals surface area contributed by atoms with Crippen LogP contribution in [0.4, 0.5) is 0 Å². The molecule has 0 aliphatic rings. The third-order valence-electron chi connectivity index (χ3n) is 1.98. The van der Waals surface area contributed by atoms with E-state index in [-0.39, 0.29) is 17.9 Å². The molecule has 0 saturated carbocycles. The van der Waals surface area contributed by atoms with E-state index in [4.69, 9.17) is 11.6 Å². The topological polar surface area (TPSA) is 73.3 Å². The lowest BCUT2D eigenvalue weighted by molar-refractivity contribution is 0.0161. The summed E-state index contributed by atoms with van der Waals surface area (Å²) in [5.41, 5.74) is -0.290. The van der Waals surface area contributed by atoms with Gasteiger partial charge in [0.1, 0.15) is 6.10 Å². The Balaban J connectivity index is 2.94. The molecule has 0 amide bonds. The number of aromatic amines is 1. The van der Waals surface area contributed by atoms with Gasteiger partial charge in [-0.2, -0.15) is 0 Å². The number of hydrogen-bond donors (Lipinski definition) is 3. The highest BCUT2D eigenvalue weighted by molar-refractivity contribution is 9.10. The first-order chi connectivity index (χ1) is 7.06. The molecule has 15 heavy (non-hydrogen) atoms. The maximum atomic E-state index is 11.3. The third kappa shape index (κ3) is 3.31. The summed E-state index contributed by atoms with van der Waals surface area (Å²) in [6.07, 6.45) is -0.552. The molecule has 0 aliphatic heterocycles. The molecule has 0 radical (unpaired) electrons. The maximum absolute atomic E-state index is 11.3. The summed E-state index contributed by atoms with van der Waals surface area (Å²) in [5, 5.41) is 19.2. The van der Waals surface area contributed by atoms with Crippen molar-refractivity contribution in [3.05, 3.63) is 32.7 Å². The quantitative estimate of drug-likeness (QED) is 0.730. The molecule has 0 bridgehead atoms. The lowest BCUT2D eigenvalue weighted by Crippen LogP contribution is -2.25. The fourth-order valence-electron chi connectivity index (χ4n) is 1.17. The van der Waals surface area contributed by atoms with E-state index >= 15 is 0 Å². The van der Waals surface area contributed by atoms with E-state index in [2.05, 4.69) is 20.9 Å². The standard InChI is InChI=1S/C9H11BrClNO3/c10-5-3-6(9(15)12-4-5)8(14)7(13)1-2-11/h3-4,7-8,13-14H,1-2H2,(H,12,15). The summed E-state index contributed by atoms with van der Waals surface area (Å²) in [4.78, 5) is 13.8. The van der Waals surface area contributed by atoms with Gasteiger partial charge in [0, 0.05) is 22.1 Å². The number of halogens is 2. The predicted molar refractivity (Wildman–Crippen MR) is 61.1 cm³/mol. The van der Waals surface area contributed by atoms with Crippen LogP contribution < -0.4 is 5.56 Å². The molecule has 1 aromatic rings. The van der Waals surface area contributed by atoms with Crippen molar-refractivity contribution in [2.75, 3.05) is 5.88 Å². The van der Waals surface area contributed by atoms with Crippen molar-refractivity contribution < 1.29 is 10.2 Å². The highest BCUT2D eigenvalue weighted by Crippen LogP contribution is 2.18. The Bertz CT molecular complexity index is 382. The summed E-state index contributed by atoms with van der Waals surface area (Å²) in [7, 11) is 0. The van der Waals surface area contributed by atoms with Crippen LogP contribution in [0.5, 0.6) is 0 Å². The largest absolute Gasteiger partial charge is 0.390 e. The molecule has 0 spiro atoms. The molecule has 1 heterocycles. The second-order valence-electron chi connectivity index (χ2n) is 3.09. The van der Waals surface area contributed by atoms with Gasteiger partial charge in [-0.25, -0.2) is 0 Å². The van der Waals surface area contributed by atoms with E-state index in [1.54, 1.807) is 0 Å². The Morgan fingerprint density at radius 1 is 1.53 bits per heavy atom. The number of aliphatic hydroxyl groups excluding tert-OH is 2. The Morgan fingerprint density at radius 2 is 2.20 bits per heavy atom. The lowest BCUT2D eigenvalue weighted by Gasteiger charge is -2.16. The number of rotatable bonds is 4. The molecule has 2 atom stereocenters. The Hall–Kier alpha value is -0.360. The summed E-state index contributed by atoms with van der Waals surface area (Å²) in [5.74, 6) is 0.226. The molecule has 2 unspecified atom stereocenters. The highest BCUT2D eigenvalue weighted by Gasteiger charge is 2.20. The van der Waals surface area contributed by atoms with Crippen LogP contribution >= 0.6 is 27.5 Å². The van der Waals surface area contributed by atoms with Gasteiger partial charge in [0.25, 0.3) is 5.56 Å². The second-order valence-corrected chi connectivity index (χ2v) is 4.39. The van der Waals surface area contributed by atoms with E-state index in [1.165, 1.54) is 12.3 Å². The van der Waals surface area contributed by atoms with Crippen LogP contribution in [0.1, 0.15) is 18.1 Å². The van der Waals surface area contributed by atoms with E-state index < -0.39 is 17.8 Å². The number of pyridine rings is 1. The summed E-state index contributed by atoms with van der Waals surface area (Å²) < 4.78 is 0.634. The first-order valence-corrected chi connectivity index (χ1v) is 5.69. The molecular formula is C9H11BrClNO3. The van der Waals surface area contributed by atoms with Gasteiger partial charge < -0.3 is 15.2 Å². The summed E-state index contributed by atoms with van der Waals surface area (Å²) in [6, 6.07) is 1.47. The normalized spacial score (nSPS) is 14.9. The minimum absolute atomic E-state index is 0.127. The zero-order valence-corrected chi connectivity index (χ0v) is 10.1. The number of aliphatic hydroxyl groups is 2. The number of hydrogen-bond acceptors (Lipinski definition) is 3. The zero-order valence-electron chi connectivity index (χ0n) is 7.78. The van der Waals surface area contributed by atoms with E-state index in [0.717, 1.165) is 0 Å². The maximum Gasteiger partial charge on any atom is 0.253 e. The Labute approximate surface area is 100 Å². The Kier molecular flexibility index (Phi) is 4.79. The molecule has 0 fully saturated rings. The summed E-state index contributed by atoms with van der Waals surface area (Å²) in [6.45, 7) is 0. The van der Waals surface area contributed by atoms with Crippen LogP contribution in [0, 0.1) is 0 Å². The van der Waals surface area contributed by atoms with E-state index in [1.807, 2.05) is 0 Å². The minimum Gasteiger partial charge on any atom is -0.390 e. The van der Waals surface area contributed by atoms with Gasteiger partial charge in [0.05, 0.1) is 6.10 Å². The van der Waals surface area contributed by atoms with Crippen molar-refractivity contribution in [2.24, 2.45) is 0 Å². The number of nitrogens with one attached hydrogen (secondary N) is 1. The molecule has 0 aliphatic carbocycles. The van der Waals surface area contributed by atoms with Crippen molar-refractivity contribution in [1.29, 1.82) is 0 Å². The SMILES string of the molecule is O=c1[nH]cc(Br)cc1C(O)C(O)CCCl. The third-order valence-corrected chi connectivity index (χ3v) is 2.66. The molecule has 3 N–H and O–H groups in total. The van der Waals surface area contributed by atoms with Crippen LogP contribution in [-0.2, 0) is 0 Å². The fourth-order valence-corrected chi connectivity index (χ4v) is 1.75. The lowest BCUT2D eigenvalue weighted by atomic mass is 10.0.